The maximum absolute atomic E-state index is 12.3. The first-order valence-corrected chi connectivity index (χ1v) is 10.6. The summed E-state index contributed by atoms with van der Waals surface area (Å²) in [6.45, 7) is 6.84. The lowest BCUT2D eigenvalue weighted by atomic mass is 10.1. The molecule has 160 valence electrons. The van der Waals surface area contributed by atoms with Gasteiger partial charge in [-0.25, -0.2) is 0 Å². The van der Waals surface area contributed by atoms with E-state index in [1.165, 1.54) is 11.1 Å². The van der Waals surface area contributed by atoms with E-state index in [0.717, 1.165) is 45.7 Å². The second-order valence-electron chi connectivity index (χ2n) is 7.67. The number of morpholine rings is 1. The second kappa shape index (κ2) is 11.5. The van der Waals surface area contributed by atoms with Crippen LogP contribution in [0.3, 0.4) is 0 Å². The molecule has 0 spiro atoms. The van der Waals surface area contributed by atoms with E-state index >= 15 is 0 Å². The molecule has 2 aromatic rings. The lowest BCUT2D eigenvalue weighted by Crippen LogP contribution is -2.41. The average Bonchev–Trinajstić information content (AvgIpc) is 2.76. The molecule has 6 heteroatoms. The monoisotopic (exact) mass is 409 g/mol. The van der Waals surface area contributed by atoms with Crippen LogP contribution in [0.1, 0.15) is 34.3 Å². The lowest BCUT2D eigenvalue weighted by Gasteiger charge is -2.26. The van der Waals surface area contributed by atoms with Crippen molar-refractivity contribution in [2.75, 3.05) is 44.7 Å². The van der Waals surface area contributed by atoms with Crippen LogP contribution in [0.5, 0.6) is 0 Å². The molecule has 2 N–H and O–H groups in total. The molecule has 0 atom stereocenters. The molecule has 2 amide bonds. The zero-order chi connectivity index (χ0) is 21.2. The van der Waals surface area contributed by atoms with Crippen molar-refractivity contribution in [1.82, 2.24) is 10.2 Å². The Morgan fingerprint density at radius 1 is 1.00 bits per heavy atom. The molecule has 1 aliphatic rings. The zero-order valence-electron chi connectivity index (χ0n) is 17.7. The molecule has 6 nitrogen and oxygen atoms in total. The van der Waals surface area contributed by atoms with Crippen LogP contribution in [0.2, 0.25) is 0 Å². The van der Waals surface area contributed by atoms with E-state index in [9.17, 15) is 9.59 Å². The number of carbonyl (C=O) groups excluding carboxylic acids is 2. The van der Waals surface area contributed by atoms with Gasteiger partial charge in [-0.1, -0.05) is 29.8 Å². The first-order chi connectivity index (χ1) is 14.6. The molecule has 1 fully saturated rings. The first kappa shape index (κ1) is 22.0. The highest BCUT2D eigenvalue weighted by atomic mass is 16.5. The summed E-state index contributed by atoms with van der Waals surface area (Å²) >= 11 is 0. The molecule has 0 radical (unpaired) electrons. The van der Waals surface area contributed by atoms with E-state index in [4.69, 9.17) is 4.74 Å². The van der Waals surface area contributed by atoms with Crippen LogP contribution in [0, 0.1) is 6.92 Å². The second-order valence-corrected chi connectivity index (χ2v) is 7.67. The Morgan fingerprint density at radius 3 is 2.40 bits per heavy atom. The van der Waals surface area contributed by atoms with Gasteiger partial charge in [-0.3, -0.25) is 14.5 Å². The average molecular weight is 410 g/mol. The third-order valence-corrected chi connectivity index (χ3v) is 5.24. The van der Waals surface area contributed by atoms with E-state index in [-0.39, 0.29) is 11.8 Å². The van der Waals surface area contributed by atoms with Crippen molar-refractivity contribution in [3.63, 3.8) is 0 Å². The Morgan fingerprint density at radius 2 is 1.70 bits per heavy atom. The summed E-state index contributed by atoms with van der Waals surface area (Å²) in [5.41, 5.74) is 3.79. The number of aryl methyl sites for hydroxylation is 2. The van der Waals surface area contributed by atoms with Crippen molar-refractivity contribution in [1.29, 1.82) is 0 Å². The highest BCUT2D eigenvalue weighted by Gasteiger charge is 2.11. The maximum atomic E-state index is 12.3. The van der Waals surface area contributed by atoms with Crippen LogP contribution in [-0.4, -0.2) is 56.1 Å². The van der Waals surface area contributed by atoms with Crippen molar-refractivity contribution in [3.8, 4) is 0 Å². The van der Waals surface area contributed by atoms with E-state index in [1.54, 1.807) is 24.3 Å². The molecular formula is C24H31N3O3. The van der Waals surface area contributed by atoms with Crippen LogP contribution in [0.4, 0.5) is 5.69 Å². The quantitative estimate of drug-likeness (QED) is 0.668. The van der Waals surface area contributed by atoms with Gasteiger partial charge in [-0.15, -0.1) is 0 Å². The molecule has 0 saturated carbocycles. The van der Waals surface area contributed by atoms with Crippen LogP contribution >= 0.6 is 0 Å². The number of hydrogen-bond acceptors (Lipinski definition) is 4. The fourth-order valence-corrected chi connectivity index (χ4v) is 3.39. The summed E-state index contributed by atoms with van der Waals surface area (Å²) in [5, 5.41) is 5.85. The number of benzene rings is 2. The van der Waals surface area contributed by atoms with Gasteiger partial charge in [0, 0.05) is 43.9 Å². The number of hydrogen-bond donors (Lipinski definition) is 2. The minimum absolute atomic E-state index is 0.00942. The zero-order valence-corrected chi connectivity index (χ0v) is 17.7. The van der Waals surface area contributed by atoms with Gasteiger partial charge in [-0.2, -0.15) is 0 Å². The minimum atomic E-state index is -0.0979. The maximum Gasteiger partial charge on any atom is 0.251 e. The Balaban J connectivity index is 1.36. The molecule has 30 heavy (non-hydrogen) atoms. The van der Waals surface area contributed by atoms with Gasteiger partial charge in [0.25, 0.3) is 5.91 Å². The standard InChI is InChI=1S/C24H31N3O3/c1-19-5-7-20(8-6-19)3-2-4-23(28)26-22-11-9-21(10-12-22)24(29)25-13-14-27-15-17-30-18-16-27/h5-12H,2-4,13-18H2,1H3,(H,25,29)(H,26,28). The molecule has 1 heterocycles. The lowest BCUT2D eigenvalue weighted by molar-refractivity contribution is -0.116. The molecule has 0 bridgehead atoms. The molecule has 0 aromatic heterocycles. The predicted molar refractivity (Wildman–Crippen MR) is 119 cm³/mol. The summed E-state index contributed by atoms with van der Waals surface area (Å²) < 4.78 is 5.32. The molecule has 1 aliphatic heterocycles. The summed E-state index contributed by atoms with van der Waals surface area (Å²) in [7, 11) is 0. The largest absolute Gasteiger partial charge is 0.379 e. The van der Waals surface area contributed by atoms with Crippen LogP contribution < -0.4 is 10.6 Å². The Bertz CT molecular complexity index is 813. The molecule has 0 unspecified atom stereocenters. The number of ether oxygens (including phenoxy) is 1. The number of nitrogens with one attached hydrogen (secondary N) is 2. The Hall–Kier alpha value is -2.70. The fraction of sp³-hybridized carbons (Fsp3) is 0.417. The van der Waals surface area contributed by atoms with E-state index in [1.807, 2.05) is 0 Å². The summed E-state index contributed by atoms with van der Waals surface area (Å²) in [4.78, 5) is 26.7. The van der Waals surface area contributed by atoms with E-state index in [2.05, 4.69) is 46.7 Å². The third-order valence-electron chi connectivity index (χ3n) is 5.24. The fourth-order valence-electron chi connectivity index (χ4n) is 3.39. The SMILES string of the molecule is Cc1ccc(CCCC(=O)Nc2ccc(C(=O)NCCN3CCOCC3)cc2)cc1. The number of amides is 2. The van der Waals surface area contributed by atoms with Crippen molar-refractivity contribution >= 4 is 17.5 Å². The van der Waals surface area contributed by atoms with E-state index in [0.29, 0.717) is 24.2 Å². The number of carbonyl (C=O) groups is 2. The van der Waals surface area contributed by atoms with Crippen molar-refractivity contribution in [2.45, 2.75) is 26.2 Å². The molecular weight excluding hydrogens is 378 g/mol. The molecule has 1 saturated heterocycles. The summed E-state index contributed by atoms with van der Waals surface area (Å²) in [6.07, 6.45) is 2.16. The smallest absolute Gasteiger partial charge is 0.251 e. The number of rotatable bonds is 9. The van der Waals surface area contributed by atoms with Crippen LogP contribution in [0.25, 0.3) is 0 Å². The normalized spacial score (nSPS) is 14.3. The van der Waals surface area contributed by atoms with E-state index < -0.39 is 0 Å². The van der Waals surface area contributed by atoms with Crippen molar-refractivity contribution in [2.24, 2.45) is 0 Å². The van der Waals surface area contributed by atoms with Crippen LogP contribution in [0.15, 0.2) is 48.5 Å². The summed E-state index contributed by atoms with van der Waals surface area (Å²) in [6, 6.07) is 15.4. The summed E-state index contributed by atoms with van der Waals surface area (Å²) in [5.74, 6) is -0.107. The minimum Gasteiger partial charge on any atom is -0.379 e. The molecule has 3 rings (SSSR count). The van der Waals surface area contributed by atoms with Gasteiger partial charge in [-0.05, 0) is 49.6 Å². The van der Waals surface area contributed by atoms with Gasteiger partial charge in [0.15, 0.2) is 0 Å². The topological polar surface area (TPSA) is 70.7 Å². The number of nitrogens with zero attached hydrogens (tertiary/aromatic N) is 1. The molecule has 0 aliphatic carbocycles. The number of anilines is 1. The van der Waals surface area contributed by atoms with Gasteiger partial charge in [0.1, 0.15) is 0 Å². The Labute approximate surface area is 178 Å². The highest BCUT2D eigenvalue weighted by molar-refractivity contribution is 5.95. The Kier molecular flexibility index (Phi) is 8.41. The van der Waals surface area contributed by atoms with Crippen molar-refractivity contribution < 1.29 is 14.3 Å². The highest BCUT2D eigenvalue weighted by Crippen LogP contribution is 2.12. The van der Waals surface area contributed by atoms with Gasteiger partial charge < -0.3 is 15.4 Å². The van der Waals surface area contributed by atoms with Gasteiger partial charge in [0.2, 0.25) is 5.91 Å². The third kappa shape index (κ3) is 7.28. The van der Waals surface area contributed by atoms with Crippen molar-refractivity contribution in [3.05, 3.63) is 65.2 Å². The van der Waals surface area contributed by atoms with Crippen LogP contribution in [-0.2, 0) is 16.0 Å². The van der Waals surface area contributed by atoms with Gasteiger partial charge in [0.05, 0.1) is 13.2 Å². The molecule has 2 aromatic carbocycles. The predicted octanol–water partition coefficient (Wildman–Crippen LogP) is 3.02. The van der Waals surface area contributed by atoms with Gasteiger partial charge >= 0.3 is 0 Å². The first-order valence-electron chi connectivity index (χ1n) is 10.6.